The number of thiol groups is 1. The average Bonchev–Trinajstić information content (AvgIpc) is 1.83. The van der Waals surface area contributed by atoms with Crippen molar-refractivity contribution in [3.63, 3.8) is 0 Å². The van der Waals surface area contributed by atoms with Crippen LogP contribution in [0.4, 0.5) is 0 Å². The first kappa shape index (κ1) is 6.49. The number of phenolic OH excluding ortho intramolecular Hbond substituents is 1. The van der Waals surface area contributed by atoms with Crippen LogP contribution < -0.4 is 0 Å². The van der Waals surface area contributed by atoms with Crippen molar-refractivity contribution in [1.82, 2.24) is 0 Å². The molecule has 0 aliphatic carbocycles. The summed E-state index contributed by atoms with van der Waals surface area (Å²) >= 11 is 4.06. The van der Waals surface area contributed by atoms with Crippen LogP contribution >= 0.6 is 12.6 Å². The van der Waals surface area contributed by atoms with Gasteiger partial charge in [-0.15, -0.1) is 12.6 Å². The lowest BCUT2D eigenvalue weighted by Crippen LogP contribution is -1.74. The van der Waals surface area contributed by atoms with Crippen LogP contribution in [0.5, 0.6) is 5.75 Å². The van der Waals surface area contributed by atoms with Crippen LogP contribution in [-0.2, 0) is 0 Å². The Balaban J connectivity index is 3.25. The Kier molecular flexibility index (Phi) is 1.67. The van der Waals surface area contributed by atoms with Crippen LogP contribution in [0.15, 0.2) is 23.1 Å². The summed E-state index contributed by atoms with van der Waals surface area (Å²) in [4.78, 5) is 0.664. The maximum Gasteiger partial charge on any atom is 0.129 e. The van der Waals surface area contributed by atoms with Gasteiger partial charge in [0.15, 0.2) is 0 Å². The molecule has 1 aromatic carbocycles. The van der Waals surface area contributed by atoms with Crippen LogP contribution in [0.25, 0.3) is 0 Å². The van der Waals surface area contributed by atoms with Gasteiger partial charge in [0, 0.05) is 4.90 Å². The van der Waals surface area contributed by atoms with Gasteiger partial charge in [-0.1, -0.05) is 12.1 Å². The molecule has 0 aliphatic heterocycles. The molecular formula is C7H8OS. The standard InChI is InChI=1S/C7H8OS/c1-5-3-2-4-6(8)7(5)9/h2-4,8-9H,1H3. The summed E-state index contributed by atoms with van der Waals surface area (Å²) in [5, 5.41) is 9.02. The summed E-state index contributed by atoms with van der Waals surface area (Å²) < 4.78 is 0. The van der Waals surface area contributed by atoms with E-state index >= 15 is 0 Å². The predicted molar refractivity (Wildman–Crippen MR) is 40.1 cm³/mol. The van der Waals surface area contributed by atoms with Gasteiger partial charge in [-0.25, -0.2) is 0 Å². The molecule has 9 heavy (non-hydrogen) atoms. The van der Waals surface area contributed by atoms with Crippen molar-refractivity contribution in [2.24, 2.45) is 0 Å². The second kappa shape index (κ2) is 2.31. The van der Waals surface area contributed by atoms with E-state index in [0.29, 0.717) is 4.90 Å². The molecule has 1 aromatic rings. The topological polar surface area (TPSA) is 20.2 Å². The fraction of sp³-hybridized carbons (Fsp3) is 0.143. The van der Waals surface area contributed by atoms with Gasteiger partial charge in [0.2, 0.25) is 0 Å². The number of hydrogen-bond donors (Lipinski definition) is 2. The van der Waals surface area contributed by atoms with Crippen LogP contribution in [0.2, 0.25) is 0 Å². The van der Waals surface area contributed by atoms with Gasteiger partial charge in [0.1, 0.15) is 5.75 Å². The van der Waals surface area contributed by atoms with E-state index in [2.05, 4.69) is 12.6 Å². The molecule has 0 bridgehead atoms. The Morgan fingerprint density at radius 1 is 1.44 bits per heavy atom. The molecule has 48 valence electrons. The Morgan fingerprint density at radius 2 is 2.11 bits per heavy atom. The number of rotatable bonds is 0. The predicted octanol–water partition coefficient (Wildman–Crippen LogP) is 1.99. The molecule has 0 aliphatic rings. The van der Waals surface area contributed by atoms with Crippen LogP contribution in [0.3, 0.4) is 0 Å². The maximum atomic E-state index is 9.02. The molecule has 0 heterocycles. The highest BCUT2D eigenvalue weighted by molar-refractivity contribution is 7.80. The second-order valence-corrected chi connectivity index (χ2v) is 2.39. The highest BCUT2D eigenvalue weighted by atomic mass is 32.1. The van der Waals surface area contributed by atoms with E-state index in [9.17, 15) is 0 Å². The van der Waals surface area contributed by atoms with E-state index in [1.54, 1.807) is 12.1 Å². The monoisotopic (exact) mass is 140 g/mol. The molecule has 1 N–H and O–H groups in total. The summed E-state index contributed by atoms with van der Waals surface area (Å²) in [6, 6.07) is 5.32. The quantitative estimate of drug-likeness (QED) is 0.528. The first-order chi connectivity index (χ1) is 4.22. The third-order valence-electron chi connectivity index (χ3n) is 1.22. The third-order valence-corrected chi connectivity index (χ3v) is 1.80. The van der Waals surface area contributed by atoms with Crippen molar-refractivity contribution in [3.05, 3.63) is 23.8 Å². The Hall–Kier alpha value is -0.630. The normalized spacial score (nSPS) is 9.56. The summed E-state index contributed by atoms with van der Waals surface area (Å²) in [5.74, 6) is 0.248. The molecule has 0 radical (unpaired) electrons. The summed E-state index contributed by atoms with van der Waals surface area (Å²) in [7, 11) is 0. The number of aromatic hydroxyl groups is 1. The fourth-order valence-electron chi connectivity index (χ4n) is 0.643. The highest BCUT2D eigenvalue weighted by Gasteiger charge is 1.95. The first-order valence-corrected chi connectivity index (χ1v) is 3.14. The van der Waals surface area contributed by atoms with E-state index < -0.39 is 0 Å². The molecular weight excluding hydrogens is 132 g/mol. The molecule has 0 unspecified atom stereocenters. The summed E-state index contributed by atoms with van der Waals surface area (Å²) in [5.41, 5.74) is 0.998. The van der Waals surface area contributed by atoms with Gasteiger partial charge < -0.3 is 5.11 Å². The molecule has 0 saturated carbocycles. The van der Waals surface area contributed by atoms with Crippen molar-refractivity contribution >= 4 is 12.6 Å². The molecule has 1 nitrogen and oxygen atoms in total. The van der Waals surface area contributed by atoms with Gasteiger partial charge in [0.25, 0.3) is 0 Å². The van der Waals surface area contributed by atoms with Crippen molar-refractivity contribution in [3.8, 4) is 5.75 Å². The average molecular weight is 140 g/mol. The minimum atomic E-state index is 0.248. The minimum absolute atomic E-state index is 0.248. The smallest absolute Gasteiger partial charge is 0.129 e. The Labute approximate surface area is 59.7 Å². The summed E-state index contributed by atoms with van der Waals surface area (Å²) in [6.07, 6.45) is 0. The molecule has 0 atom stereocenters. The van der Waals surface area contributed by atoms with Crippen molar-refractivity contribution < 1.29 is 5.11 Å². The number of aryl methyl sites for hydroxylation is 1. The lowest BCUT2D eigenvalue weighted by atomic mass is 10.2. The van der Waals surface area contributed by atoms with Gasteiger partial charge in [-0.3, -0.25) is 0 Å². The van der Waals surface area contributed by atoms with Crippen molar-refractivity contribution in [1.29, 1.82) is 0 Å². The lowest BCUT2D eigenvalue weighted by Gasteiger charge is -1.98. The van der Waals surface area contributed by atoms with Crippen molar-refractivity contribution in [2.75, 3.05) is 0 Å². The number of hydrogen-bond acceptors (Lipinski definition) is 2. The van der Waals surface area contributed by atoms with E-state index in [1.165, 1.54) is 0 Å². The van der Waals surface area contributed by atoms with Crippen molar-refractivity contribution in [2.45, 2.75) is 11.8 Å². The minimum Gasteiger partial charge on any atom is -0.507 e. The van der Waals surface area contributed by atoms with E-state index in [4.69, 9.17) is 5.11 Å². The van der Waals surface area contributed by atoms with Crippen LogP contribution in [-0.4, -0.2) is 5.11 Å². The summed E-state index contributed by atoms with van der Waals surface area (Å²) in [6.45, 7) is 1.90. The van der Waals surface area contributed by atoms with Gasteiger partial charge in [0.05, 0.1) is 0 Å². The number of benzene rings is 1. The van der Waals surface area contributed by atoms with E-state index in [0.717, 1.165) is 5.56 Å². The molecule has 0 saturated heterocycles. The number of phenols is 1. The Morgan fingerprint density at radius 3 is 2.56 bits per heavy atom. The zero-order valence-corrected chi connectivity index (χ0v) is 6.02. The molecule has 0 amide bonds. The zero-order chi connectivity index (χ0) is 6.85. The Bertz CT molecular complexity index is 200. The van der Waals surface area contributed by atoms with Crippen LogP contribution in [0.1, 0.15) is 5.56 Å². The molecule has 1 rings (SSSR count). The fourth-order valence-corrected chi connectivity index (χ4v) is 0.793. The highest BCUT2D eigenvalue weighted by Crippen LogP contribution is 2.23. The third kappa shape index (κ3) is 1.19. The van der Waals surface area contributed by atoms with E-state index in [1.807, 2.05) is 13.0 Å². The largest absolute Gasteiger partial charge is 0.507 e. The molecule has 0 spiro atoms. The molecule has 0 aromatic heterocycles. The van der Waals surface area contributed by atoms with Gasteiger partial charge in [-0.2, -0.15) is 0 Å². The second-order valence-electron chi connectivity index (χ2n) is 1.94. The van der Waals surface area contributed by atoms with Crippen LogP contribution in [0, 0.1) is 6.92 Å². The zero-order valence-electron chi connectivity index (χ0n) is 5.13. The molecule has 0 fully saturated rings. The first-order valence-electron chi connectivity index (χ1n) is 2.69. The van der Waals surface area contributed by atoms with E-state index in [-0.39, 0.29) is 5.75 Å². The SMILES string of the molecule is Cc1cccc(O)c1S. The molecule has 2 heteroatoms. The maximum absolute atomic E-state index is 9.02. The van der Waals surface area contributed by atoms with Gasteiger partial charge >= 0.3 is 0 Å². The van der Waals surface area contributed by atoms with Gasteiger partial charge in [-0.05, 0) is 18.6 Å². The lowest BCUT2D eigenvalue weighted by molar-refractivity contribution is 0.462.